The summed E-state index contributed by atoms with van der Waals surface area (Å²) in [5, 5.41) is 7.51. The van der Waals surface area contributed by atoms with Crippen LogP contribution in [0.25, 0.3) is 11.3 Å². The first-order valence-corrected chi connectivity index (χ1v) is 12.0. The van der Waals surface area contributed by atoms with Gasteiger partial charge in [0, 0.05) is 28.8 Å². The van der Waals surface area contributed by atoms with Gasteiger partial charge in [-0.25, -0.2) is 5.43 Å². The Labute approximate surface area is 211 Å². The Bertz CT molecular complexity index is 1320. The van der Waals surface area contributed by atoms with E-state index in [1.807, 2.05) is 61.5 Å². The molecule has 1 aliphatic rings. The van der Waals surface area contributed by atoms with Gasteiger partial charge in [-0.2, -0.15) is 20.1 Å². The Hall–Kier alpha value is -3.76. The van der Waals surface area contributed by atoms with Crippen molar-refractivity contribution in [2.75, 3.05) is 41.9 Å². The number of para-hydroxylation sites is 1. The summed E-state index contributed by atoms with van der Waals surface area (Å²) < 4.78 is 12.4. The molecule has 1 fully saturated rings. The second-order valence-electron chi connectivity index (χ2n) is 7.93. The maximum Gasteiger partial charge on any atom is 0.250 e. The number of aryl methyl sites for hydroxylation is 1. The molecule has 0 radical (unpaired) electrons. The van der Waals surface area contributed by atoms with Crippen molar-refractivity contribution in [3.63, 3.8) is 0 Å². The fourth-order valence-electron chi connectivity index (χ4n) is 3.57. The summed E-state index contributed by atoms with van der Waals surface area (Å²) in [6.45, 7) is 4.73. The van der Waals surface area contributed by atoms with Crippen LogP contribution in [0.15, 0.2) is 74.7 Å². The van der Waals surface area contributed by atoms with Crippen LogP contribution in [-0.4, -0.2) is 47.5 Å². The maximum absolute atomic E-state index is 5.94. The number of morpholine rings is 1. The summed E-state index contributed by atoms with van der Waals surface area (Å²) in [6.07, 6.45) is 1.59. The number of ether oxygens (including phenoxy) is 1. The largest absolute Gasteiger partial charge is 0.455 e. The highest BCUT2D eigenvalue weighted by Crippen LogP contribution is 2.30. The van der Waals surface area contributed by atoms with Crippen LogP contribution in [0, 0.1) is 6.92 Å². The van der Waals surface area contributed by atoms with E-state index in [0.717, 1.165) is 21.5 Å². The lowest BCUT2D eigenvalue weighted by molar-refractivity contribution is 0.122. The number of benzene rings is 2. The van der Waals surface area contributed by atoms with E-state index in [4.69, 9.17) is 9.15 Å². The second kappa shape index (κ2) is 10.7. The molecule has 0 saturated carbocycles. The molecule has 0 atom stereocenters. The van der Waals surface area contributed by atoms with Crippen LogP contribution in [0.5, 0.6) is 0 Å². The van der Waals surface area contributed by atoms with Gasteiger partial charge in [-0.05, 0) is 48.9 Å². The molecule has 2 aromatic carbocycles. The Morgan fingerprint density at radius 2 is 1.77 bits per heavy atom. The SMILES string of the molecule is Cc1ccc(-c2ccc(/C=N\Nc3nc(Nc4ccccc4)nc(N4CCOCC4)n3)o2)c(Br)c1. The zero-order valence-corrected chi connectivity index (χ0v) is 20.7. The average molecular weight is 534 g/mol. The summed E-state index contributed by atoms with van der Waals surface area (Å²) in [4.78, 5) is 15.7. The second-order valence-corrected chi connectivity index (χ2v) is 8.78. The van der Waals surface area contributed by atoms with E-state index in [9.17, 15) is 0 Å². The molecule has 1 saturated heterocycles. The lowest BCUT2D eigenvalue weighted by Crippen LogP contribution is -2.37. The van der Waals surface area contributed by atoms with E-state index in [2.05, 4.69) is 57.7 Å². The van der Waals surface area contributed by atoms with Gasteiger partial charge in [0.2, 0.25) is 17.8 Å². The number of furan rings is 1. The smallest absolute Gasteiger partial charge is 0.250 e. The molecule has 9 nitrogen and oxygen atoms in total. The number of halogens is 1. The van der Waals surface area contributed by atoms with Gasteiger partial charge in [-0.1, -0.05) is 40.2 Å². The van der Waals surface area contributed by atoms with Gasteiger partial charge in [-0.15, -0.1) is 0 Å². The van der Waals surface area contributed by atoms with Gasteiger partial charge >= 0.3 is 0 Å². The quantitative estimate of drug-likeness (QED) is 0.246. The van der Waals surface area contributed by atoms with Gasteiger partial charge in [0.25, 0.3) is 0 Å². The molecule has 5 rings (SSSR count). The number of rotatable bonds is 7. The molecule has 0 amide bonds. The topological polar surface area (TPSA) is 101 Å². The zero-order chi connectivity index (χ0) is 24.0. The first-order chi connectivity index (χ1) is 17.1. The van der Waals surface area contributed by atoms with Crippen LogP contribution in [0.4, 0.5) is 23.5 Å². The lowest BCUT2D eigenvalue weighted by Gasteiger charge is -2.27. The molecule has 2 aromatic heterocycles. The molecule has 178 valence electrons. The summed E-state index contributed by atoms with van der Waals surface area (Å²) in [5.41, 5.74) is 5.94. The molecule has 3 heterocycles. The molecule has 1 aliphatic heterocycles. The Morgan fingerprint density at radius 3 is 2.57 bits per heavy atom. The number of nitrogens with one attached hydrogen (secondary N) is 2. The third kappa shape index (κ3) is 5.84. The first kappa shape index (κ1) is 23.0. The van der Waals surface area contributed by atoms with Gasteiger partial charge in [0.05, 0.1) is 19.4 Å². The Kier molecular flexibility index (Phi) is 7.01. The van der Waals surface area contributed by atoms with Gasteiger partial charge in [-0.3, -0.25) is 0 Å². The summed E-state index contributed by atoms with van der Waals surface area (Å²) in [6, 6.07) is 19.7. The van der Waals surface area contributed by atoms with E-state index >= 15 is 0 Å². The Balaban J connectivity index is 1.34. The molecule has 0 bridgehead atoms. The predicted molar refractivity (Wildman–Crippen MR) is 140 cm³/mol. The highest BCUT2D eigenvalue weighted by atomic mass is 79.9. The number of hydrazone groups is 1. The summed E-state index contributed by atoms with van der Waals surface area (Å²) >= 11 is 3.60. The number of hydrogen-bond donors (Lipinski definition) is 2. The minimum Gasteiger partial charge on any atom is -0.455 e. The van der Waals surface area contributed by atoms with Crippen molar-refractivity contribution in [3.05, 3.63) is 76.5 Å². The molecule has 0 spiro atoms. The van der Waals surface area contributed by atoms with E-state index in [1.54, 1.807) is 6.21 Å². The van der Waals surface area contributed by atoms with Crippen molar-refractivity contribution in [1.29, 1.82) is 0 Å². The number of hydrogen-bond acceptors (Lipinski definition) is 9. The van der Waals surface area contributed by atoms with Crippen LogP contribution < -0.4 is 15.6 Å². The van der Waals surface area contributed by atoms with Crippen LogP contribution >= 0.6 is 15.9 Å². The zero-order valence-electron chi connectivity index (χ0n) is 19.1. The van der Waals surface area contributed by atoms with E-state index in [-0.39, 0.29) is 0 Å². The van der Waals surface area contributed by atoms with Gasteiger partial charge in [0.1, 0.15) is 11.5 Å². The third-order valence-corrected chi connectivity index (χ3v) is 5.98. The predicted octanol–water partition coefficient (Wildman–Crippen LogP) is 5.23. The number of aromatic nitrogens is 3. The third-order valence-electron chi connectivity index (χ3n) is 5.32. The van der Waals surface area contributed by atoms with Crippen molar-refractivity contribution < 1.29 is 9.15 Å². The van der Waals surface area contributed by atoms with E-state index in [0.29, 0.717) is 49.9 Å². The fraction of sp³-hybridized carbons (Fsp3) is 0.200. The first-order valence-electron chi connectivity index (χ1n) is 11.2. The van der Waals surface area contributed by atoms with Crippen molar-refractivity contribution in [2.24, 2.45) is 5.10 Å². The maximum atomic E-state index is 5.94. The van der Waals surface area contributed by atoms with E-state index < -0.39 is 0 Å². The lowest BCUT2D eigenvalue weighted by atomic mass is 10.1. The van der Waals surface area contributed by atoms with Crippen molar-refractivity contribution in [3.8, 4) is 11.3 Å². The molecule has 35 heavy (non-hydrogen) atoms. The van der Waals surface area contributed by atoms with E-state index in [1.165, 1.54) is 5.56 Å². The molecule has 2 N–H and O–H groups in total. The van der Waals surface area contributed by atoms with Crippen LogP contribution in [0.2, 0.25) is 0 Å². The molecule has 0 aliphatic carbocycles. The molecular weight excluding hydrogens is 510 g/mol. The highest BCUT2D eigenvalue weighted by molar-refractivity contribution is 9.10. The molecule has 0 unspecified atom stereocenters. The number of anilines is 4. The summed E-state index contributed by atoms with van der Waals surface area (Å²) in [5.74, 6) is 2.66. The Morgan fingerprint density at radius 1 is 0.971 bits per heavy atom. The number of nitrogens with zero attached hydrogens (tertiary/aromatic N) is 5. The van der Waals surface area contributed by atoms with Crippen LogP contribution in [0.1, 0.15) is 11.3 Å². The van der Waals surface area contributed by atoms with Crippen LogP contribution in [-0.2, 0) is 4.74 Å². The normalized spacial score (nSPS) is 13.8. The average Bonchev–Trinajstić information content (AvgIpc) is 3.33. The van der Waals surface area contributed by atoms with Crippen molar-refractivity contribution in [2.45, 2.75) is 6.92 Å². The van der Waals surface area contributed by atoms with Gasteiger partial charge < -0.3 is 19.4 Å². The van der Waals surface area contributed by atoms with Crippen molar-refractivity contribution in [1.82, 2.24) is 15.0 Å². The monoisotopic (exact) mass is 533 g/mol. The van der Waals surface area contributed by atoms with Crippen molar-refractivity contribution >= 4 is 45.7 Å². The standard InChI is InChI=1S/C25H24BrN7O2/c1-17-7-9-20(21(26)15-17)22-10-8-19(35-22)16-27-32-24-29-23(28-18-5-3-2-4-6-18)30-25(31-24)33-11-13-34-14-12-33/h2-10,15-16H,11-14H2,1H3,(H2,28,29,30,31,32)/b27-16-. The minimum absolute atomic E-state index is 0.323. The van der Waals surface area contributed by atoms with Crippen LogP contribution in [0.3, 0.4) is 0 Å². The minimum atomic E-state index is 0.323. The highest BCUT2D eigenvalue weighted by Gasteiger charge is 2.17. The molecule has 10 heteroatoms. The van der Waals surface area contributed by atoms with Gasteiger partial charge in [0.15, 0.2) is 0 Å². The summed E-state index contributed by atoms with van der Waals surface area (Å²) in [7, 11) is 0. The molecule has 4 aromatic rings. The fourth-order valence-corrected chi connectivity index (χ4v) is 4.26. The molecular formula is C25H24BrN7O2.